The molecule has 0 aliphatic carbocycles. The van der Waals surface area contributed by atoms with Crippen LogP contribution in [-0.2, 0) is 14.3 Å². The van der Waals surface area contributed by atoms with Crippen molar-refractivity contribution in [2.24, 2.45) is 0 Å². The average Bonchev–Trinajstić information content (AvgIpc) is 2.90. The van der Waals surface area contributed by atoms with Crippen molar-refractivity contribution in [3.05, 3.63) is 34.3 Å². The number of aryl methyl sites for hydroxylation is 1. The fourth-order valence-corrected chi connectivity index (χ4v) is 2.92. The fraction of sp³-hybridized carbons (Fsp3) is 0.357. The summed E-state index contributed by atoms with van der Waals surface area (Å²) >= 11 is 1.08. The van der Waals surface area contributed by atoms with Gasteiger partial charge in [0.1, 0.15) is 11.5 Å². The van der Waals surface area contributed by atoms with Gasteiger partial charge in [-0.3, -0.25) is 9.59 Å². The number of nitrogens with one attached hydrogen (secondary N) is 1. The van der Waals surface area contributed by atoms with Crippen LogP contribution in [0.3, 0.4) is 0 Å². The minimum Gasteiger partial charge on any atom is -0.468 e. The molecule has 1 atom stereocenters. The molecule has 1 amide bonds. The number of esters is 1. The Bertz CT molecular complexity index is 642. The van der Waals surface area contributed by atoms with Crippen LogP contribution in [0.2, 0.25) is 0 Å². The molecule has 0 saturated carbocycles. The van der Waals surface area contributed by atoms with Gasteiger partial charge in [-0.25, -0.2) is 0 Å². The Morgan fingerprint density at radius 1 is 1.62 bits per heavy atom. The molecule has 1 aromatic heterocycles. The van der Waals surface area contributed by atoms with Gasteiger partial charge in [-0.15, -0.1) is 0 Å². The van der Waals surface area contributed by atoms with E-state index in [9.17, 15) is 14.9 Å². The first-order chi connectivity index (χ1) is 10.0. The standard InChI is InChI=1S/C14H14N2O4S/c1-8-3-4-11(20-8)9-5-12(17)16-14(10(9)6-15)21-7-13(18)19-2/h3-4,9H,5,7H2,1-2H3,(H,16,17)/t9-/m1/s1. The summed E-state index contributed by atoms with van der Waals surface area (Å²) in [5, 5.41) is 12.4. The van der Waals surface area contributed by atoms with Crippen molar-refractivity contribution in [3.63, 3.8) is 0 Å². The van der Waals surface area contributed by atoms with Crippen LogP contribution >= 0.6 is 11.8 Å². The molecule has 7 heteroatoms. The van der Waals surface area contributed by atoms with E-state index in [1.165, 1.54) is 7.11 Å². The lowest BCUT2D eigenvalue weighted by Crippen LogP contribution is -2.31. The lowest BCUT2D eigenvalue weighted by atomic mass is 9.92. The molecule has 0 bridgehead atoms. The number of methoxy groups -OCH3 is 1. The number of ether oxygens (including phenoxy) is 1. The second-order valence-electron chi connectivity index (χ2n) is 4.47. The molecule has 1 N–H and O–H groups in total. The molecular weight excluding hydrogens is 292 g/mol. The molecule has 0 spiro atoms. The van der Waals surface area contributed by atoms with Gasteiger partial charge in [0, 0.05) is 6.42 Å². The van der Waals surface area contributed by atoms with Crippen LogP contribution in [-0.4, -0.2) is 24.7 Å². The van der Waals surface area contributed by atoms with Gasteiger partial charge >= 0.3 is 5.97 Å². The second kappa shape index (κ2) is 6.50. The monoisotopic (exact) mass is 306 g/mol. The number of furan rings is 1. The Morgan fingerprint density at radius 3 is 2.95 bits per heavy atom. The molecule has 110 valence electrons. The van der Waals surface area contributed by atoms with Crippen molar-refractivity contribution in [2.75, 3.05) is 12.9 Å². The van der Waals surface area contributed by atoms with Crippen LogP contribution in [0.25, 0.3) is 0 Å². The van der Waals surface area contributed by atoms with E-state index in [-0.39, 0.29) is 18.1 Å². The quantitative estimate of drug-likeness (QED) is 0.853. The third-order valence-electron chi connectivity index (χ3n) is 3.02. The molecule has 0 saturated heterocycles. The normalized spacial score (nSPS) is 18.1. The number of hydrogen-bond donors (Lipinski definition) is 1. The van der Waals surface area contributed by atoms with Gasteiger partial charge in [-0.1, -0.05) is 11.8 Å². The zero-order valence-corrected chi connectivity index (χ0v) is 12.5. The Kier molecular flexibility index (Phi) is 4.70. The first kappa shape index (κ1) is 15.2. The maximum atomic E-state index is 11.8. The van der Waals surface area contributed by atoms with E-state index < -0.39 is 11.9 Å². The summed E-state index contributed by atoms with van der Waals surface area (Å²) in [5.41, 5.74) is 0.401. The van der Waals surface area contributed by atoms with Crippen molar-refractivity contribution in [2.45, 2.75) is 19.3 Å². The van der Waals surface area contributed by atoms with Gasteiger partial charge in [0.05, 0.1) is 35.5 Å². The van der Waals surface area contributed by atoms with E-state index >= 15 is 0 Å². The summed E-state index contributed by atoms with van der Waals surface area (Å²) in [7, 11) is 1.29. The highest BCUT2D eigenvalue weighted by Crippen LogP contribution is 2.36. The van der Waals surface area contributed by atoms with E-state index in [4.69, 9.17) is 4.42 Å². The predicted molar refractivity (Wildman–Crippen MR) is 76.1 cm³/mol. The van der Waals surface area contributed by atoms with E-state index in [0.29, 0.717) is 16.4 Å². The van der Waals surface area contributed by atoms with Crippen molar-refractivity contribution < 1.29 is 18.7 Å². The minimum atomic E-state index is -0.421. The van der Waals surface area contributed by atoms with Crippen molar-refractivity contribution in [1.29, 1.82) is 5.26 Å². The third kappa shape index (κ3) is 3.47. The molecule has 2 heterocycles. The number of nitriles is 1. The maximum absolute atomic E-state index is 11.8. The van der Waals surface area contributed by atoms with Gasteiger partial charge in [-0.2, -0.15) is 5.26 Å². The van der Waals surface area contributed by atoms with E-state index in [1.807, 2.05) is 0 Å². The van der Waals surface area contributed by atoms with Crippen molar-refractivity contribution in [3.8, 4) is 6.07 Å². The number of carbonyl (C=O) groups excluding carboxylic acids is 2. The fourth-order valence-electron chi connectivity index (χ4n) is 2.01. The van der Waals surface area contributed by atoms with E-state index in [0.717, 1.165) is 17.5 Å². The molecule has 2 rings (SSSR count). The highest BCUT2D eigenvalue weighted by molar-refractivity contribution is 8.03. The zero-order chi connectivity index (χ0) is 15.4. The van der Waals surface area contributed by atoms with Crippen LogP contribution < -0.4 is 5.32 Å². The van der Waals surface area contributed by atoms with Crippen molar-refractivity contribution in [1.82, 2.24) is 5.32 Å². The summed E-state index contributed by atoms with van der Waals surface area (Å²) in [4.78, 5) is 23.0. The summed E-state index contributed by atoms with van der Waals surface area (Å²) in [5.74, 6) is 0.279. The summed E-state index contributed by atoms with van der Waals surface area (Å²) in [6.45, 7) is 1.80. The lowest BCUT2D eigenvalue weighted by molar-refractivity contribution is -0.137. The second-order valence-corrected chi connectivity index (χ2v) is 5.46. The van der Waals surface area contributed by atoms with Gasteiger partial charge in [0.25, 0.3) is 0 Å². The van der Waals surface area contributed by atoms with Gasteiger partial charge in [0.2, 0.25) is 5.91 Å². The highest BCUT2D eigenvalue weighted by Gasteiger charge is 2.31. The number of carbonyl (C=O) groups is 2. The number of thioether (sulfide) groups is 1. The van der Waals surface area contributed by atoms with Crippen molar-refractivity contribution >= 4 is 23.6 Å². The maximum Gasteiger partial charge on any atom is 0.316 e. The Hall–Kier alpha value is -2.20. The molecule has 0 fully saturated rings. The van der Waals surface area contributed by atoms with Gasteiger partial charge in [0.15, 0.2) is 0 Å². The lowest BCUT2D eigenvalue weighted by Gasteiger charge is -2.23. The smallest absolute Gasteiger partial charge is 0.316 e. The van der Waals surface area contributed by atoms with E-state index in [2.05, 4.69) is 16.1 Å². The first-order valence-corrected chi connectivity index (χ1v) is 7.23. The summed E-state index contributed by atoms with van der Waals surface area (Å²) in [6, 6.07) is 5.66. The largest absolute Gasteiger partial charge is 0.468 e. The molecule has 0 unspecified atom stereocenters. The first-order valence-electron chi connectivity index (χ1n) is 6.25. The summed E-state index contributed by atoms with van der Waals surface area (Å²) < 4.78 is 10.1. The zero-order valence-electron chi connectivity index (χ0n) is 11.6. The van der Waals surface area contributed by atoms with Crippen LogP contribution in [0.4, 0.5) is 0 Å². The predicted octanol–water partition coefficient (Wildman–Crippen LogP) is 1.83. The van der Waals surface area contributed by atoms with Crippen LogP contribution in [0.15, 0.2) is 27.2 Å². The third-order valence-corrected chi connectivity index (χ3v) is 4.01. The number of hydrogen-bond acceptors (Lipinski definition) is 6. The molecule has 1 aliphatic heterocycles. The van der Waals surface area contributed by atoms with Gasteiger partial charge < -0.3 is 14.5 Å². The number of allylic oxidation sites excluding steroid dienone is 1. The molecule has 0 aromatic carbocycles. The molecular formula is C14H14N2O4S. The van der Waals surface area contributed by atoms with Crippen LogP contribution in [0.5, 0.6) is 0 Å². The number of nitrogens with zero attached hydrogens (tertiary/aromatic N) is 1. The summed E-state index contributed by atoms with van der Waals surface area (Å²) in [6.07, 6.45) is 0.151. The van der Waals surface area contributed by atoms with E-state index in [1.54, 1.807) is 19.1 Å². The minimum absolute atomic E-state index is 0.0290. The Morgan fingerprint density at radius 2 is 2.38 bits per heavy atom. The van der Waals surface area contributed by atoms with Crippen LogP contribution in [0.1, 0.15) is 23.9 Å². The van der Waals surface area contributed by atoms with Gasteiger partial charge in [-0.05, 0) is 19.1 Å². The topological polar surface area (TPSA) is 92.3 Å². The highest BCUT2D eigenvalue weighted by atomic mass is 32.2. The SMILES string of the molecule is COC(=O)CSC1=C(C#N)[C@H](c2ccc(C)o2)CC(=O)N1. The van der Waals surface area contributed by atoms with Crippen LogP contribution in [0, 0.1) is 18.3 Å². The molecule has 6 nitrogen and oxygen atoms in total. The number of amides is 1. The number of rotatable bonds is 4. The molecule has 21 heavy (non-hydrogen) atoms. The average molecular weight is 306 g/mol. The molecule has 1 aliphatic rings. The molecule has 0 radical (unpaired) electrons. The Balaban J connectivity index is 2.30. The Labute approximate surface area is 126 Å². The molecule has 1 aromatic rings.